The molecule has 7 nitrogen and oxygen atoms in total. The van der Waals surface area contributed by atoms with Crippen LogP contribution in [0.4, 0.5) is 5.69 Å². The van der Waals surface area contributed by atoms with E-state index in [1.807, 2.05) is 13.8 Å². The number of hydrogen-bond donors (Lipinski definition) is 1. The normalized spacial score (nSPS) is 10.6. The first-order chi connectivity index (χ1) is 13.3. The summed E-state index contributed by atoms with van der Waals surface area (Å²) in [6.45, 7) is 7.67. The van der Waals surface area contributed by atoms with Gasteiger partial charge in [0.25, 0.3) is 5.91 Å². The van der Waals surface area contributed by atoms with E-state index in [1.165, 1.54) is 7.11 Å². The Hall–Kier alpha value is -3.11. The average molecular weight is 383 g/mol. The van der Waals surface area contributed by atoms with Crippen molar-refractivity contribution in [1.82, 2.24) is 4.98 Å². The van der Waals surface area contributed by atoms with E-state index in [0.29, 0.717) is 40.4 Å². The summed E-state index contributed by atoms with van der Waals surface area (Å²) in [6, 6.07) is 8.81. The standard InChI is InChI=1S/C21H25N3O4/c1-13(2)24(17-8-6-7-16(11-17)12-22)20(25)19-14(3)18(15(4)23-19)21(26)28-10-9-27-5/h6-8,11,13,23H,9-10H2,1-5H3. The van der Waals surface area contributed by atoms with Gasteiger partial charge in [-0.1, -0.05) is 6.07 Å². The van der Waals surface area contributed by atoms with Crippen LogP contribution in [0.15, 0.2) is 24.3 Å². The number of nitrogens with one attached hydrogen (secondary N) is 1. The summed E-state index contributed by atoms with van der Waals surface area (Å²) in [6.07, 6.45) is 0. The molecule has 1 heterocycles. The summed E-state index contributed by atoms with van der Waals surface area (Å²) in [7, 11) is 1.53. The number of nitrogens with zero attached hydrogens (tertiary/aromatic N) is 2. The van der Waals surface area contributed by atoms with Crippen molar-refractivity contribution in [3.8, 4) is 6.07 Å². The highest BCUT2D eigenvalue weighted by atomic mass is 16.6. The van der Waals surface area contributed by atoms with E-state index in [9.17, 15) is 9.59 Å². The van der Waals surface area contributed by atoms with E-state index in [2.05, 4.69) is 11.1 Å². The van der Waals surface area contributed by atoms with E-state index < -0.39 is 5.97 Å². The molecule has 148 valence electrons. The molecule has 0 spiro atoms. The molecule has 0 bridgehead atoms. The Morgan fingerprint density at radius 2 is 1.96 bits per heavy atom. The fraction of sp³-hybridized carbons (Fsp3) is 0.381. The van der Waals surface area contributed by atoms with Crippen LogP contribution < -0.4 is 4.90 Å². The highest BCUT2D eigenvalue weighted by Crippen LogP contribution is 2.25. The molecule has 0 radical (unpaired) electrons. The highest BCUT2D eigenvalue weighted by Gasteiger charge is 2.28. The molecule has 0 aliphatic carbocycles. The van der Waals surface area contributed by atoms with Gasteiger partial charge in [-0.25, -0.2) is 4.79 Å². The van der Waals surface area contributed by atoms with Gasteiger partial charge in [0.1, 0.15) is 12.3 Å². The third-order valence-electron chi connectivity index (χ3n) is 4.36. The second-order valence-corrected chi connectivity index (χ2v) is 6.68. The minimum Gasteiger partial charge on any atom is -0.460 e. The van der Waals surface area contributed by atoms with Gasteiger partial charge >= 0.3 is 5.97 Å². The number of amides is 1. The summed E-state index contributed by atoms with van der Waals surface area (Å²) in [5.41, 5.74) is 2.87. The molecular weight excluding hydrogens is 358 g/mol. The average Bonchev–Trinajstić information content (AvgIpc) is 2.96. The van der Waals surface area contributed by atoms with Crippen molar-refractivity contribution in [2.45, 2.75) is 33.7 Å². The van der Waals surface area contributed by atoms with E-state index in [0.717, 1.165) is 0 Å². The lowest BCUT2D eigenvalue weighted by molar-refractivity contribution is 0.0387. The van der Waals surface area contributed by atoms with Crippen LogP contribution in [-0.2, 0) is 9.47 Å². The minimum absolute atomic E-state index is 0.141. The summed E-state index contributed by atoms with van der Waals surface area (Å²) in [5, 5.41) is 9.15. The molecule has 0 saturated heterocycles. The molecular formula is C21H25N3O4. The predicted molar refractivity (Wildman–Crippen MR) is 106 cm³/mol. The maximum atomic E-state index is 13.3. The molecule has 1 amide bonds. The zero-order chi connectivity index (χ0) is 20.8. The lowest BCUT2D eigenvalue weighted by Crippen LogP contribution is -2.37. The third-order valence-corrected chi connectivity index (χ3v) is 4.36. The van der Waals surface area contributed by atoms with E-state index >= 15 is 0 Å². The smallest absolute Gasteiger partial charge is 0.340 e. The number of aromatic amines is 1. The predicted octanol–water partition coefficient (Wildman–Crippen LogP) is 3.36. The first kappa shape index (κ1) is 21.2. The molecule has 2 aromatic rings. The quantitative estimate of drug-likeness (QED) is 0.584. The number of aryl methyl sites for hydroxylation is 1. The molecule has 0 atom stereocenters. The Labute approximate surface area is 164 Å². The van der Waals surface area contributed by atoms with Crippen LogP contribution in [0.2, 0.25) is 0 Å². The van der Waals surface area contributed by atoms with E-state index in [-0.39, 0.29) is 18.6 Å². The Morgan fingerprint density at radius 3 is 2.57 bits per heavy atom. The van der Waals surface area contributed by atoms with Gasteiger partial charge in [0.2, 0.25) is 0 Å². The van der Waals surface area contributed by atoms with E-state index in [4.69, 9.17) is 14.7 Å². The van der Waals surface area contributed by atoms with Crippen LogP contribution >= 0.6 is 0 Å². The van der Waals surface area contributed by atoms with Crippen molar-refractivity contribution in [2.75, 3.05) is 25.2 Å². The Kier molecular flexibility index (Phi) is 6.96. The van der Waals surface area contributed by atoms with Crippen molar-refractivity contribution < 1.29 is 19.1 Å². The van der Waals surface area contributed by atoms with Crippen molar-refractivity contribution in [2.24, 2.45) is 0 Å². The van der Waals surface area contributed by atoms with Gasteiger partial charge in [0.05, 0.1) is 23.8 Å². The van der Waals surface area contributed by atoms with Crippen molar-refractivity contribution in [3.05, 3.63) is 52.3 Å². The van der Waals surface area contributed by atoms with Gasteiger partial charge < -0.3 is 19.4 Å². The molecule has 0 saturated carbocycles. The second kappa shape index (κ2) is 9.20. The van der Waals surface area contributed by atoms with Crippen molar-refractivity contribution in [1.29, 1.82) is 5.26 Å². The Balaban J connectivity index is 2.40. The fourth-order valence-corrected chi connectivity index (χ4v) is 3.06. The number of carbonyl (C=O) groups excluding carboxylic acids is 2. The molecule has 2 rings (SSSR count). The van der Waals surface area contributed by atoms with Gasteiger partial charge in [-0.05, 0) is 51.5 Å². The zero-order valence-corrected chi connectivity index (χ0v) is 16.8. The number of ether oxygens (including phenoxy) is 2. The van der Waals surface area contributed by atoms with Crippen LogP contribution in [-0.4, -0.2) is 43.2 Å². The van der Waals surface area contributed by atoms with Crippen LogP contribution in [0.25, 0.3) is 0 Å². The van der Waals surface area contributed by atoms with E-state index in [1.54, 1.807) is 43.0 Å². The topological polar surface area (TPSA) is 95.4 Å². The lowest BCUT2D eigenvalue weighted by atomic mass is 10.1. The summed E-state index contributed by atoms with van der Waals surface area (Å²) >= 11 is 0. The summed E-state index contributed by atoms with van der Waals surface area (Å²) in [4.78, 5) is 30.3. The largest absolute Gasteiger partial charge is 0.460 e. The molecule has 0 aliphatic heterocycles. The molecule has 0 aliphatic rings. The zero-order valence-electron chi connectivity index (χ0n) is 16.8. The van der Waals surface area contributed by atoms with Crippen LogP contribution in [0.3, 0.4) is 0 Å². The third kappa shape index (κ3) is 4.41. The van der Waals surface area contributed by atoms with Crippen LogP contribution in [0, 0.1) is 25.2 Å². The molecule has 0 fully saturated rings. The number of nitriles is 1. The number of anilines is 1. The summed E-state index contributed by atoms with van der Waals surface area (Å²) in [5.74, 6) is -0.772. The van der Waals surface area contributed by atoms with Gasteiger partial charge in [-0.15, -0.1) is 0 Å². The van der Waals surface area contributed by atoms with Crippen molar-refractivity contribution in [3.63, 3.8) is 0 Å². The molecule has 1 aromatic carbocycles. The fourth-order valence-electron chi connectivity index (χ4n) is 3.06. The number of esters is 1. The maximum absolute atomic E-state index is 13.3. The summed E-state index contributed by atoms with van der Waals surface area (Å²) < 4.78 is 10.1. The lowest BCUT2D eigenvalue weighted by Gasteiger charge is -2.27. The monoisotopic (exact) mass is 383 g/mol. The number of hydrogen-bond acceptors (Lipinski definition) is 5. The number of rotatable bonds is 7. The van der Waals surface area contributed by atoms with Gasteiger partial charge in [0, 0.05) is 24.5 Å². The van der Waals surface area contributed by atoms with Crippen LogP contribution in [0.5, 0.6) is 0 Å². The Bertz CT molecular complexity index is 909. The molecule has 7 heteroatoms. The number of benzene rings is 1. The Morgan fingerprint density at radius 1 is 1.25 bits per heavy atom. The minimum atomic E-state index is -0.495. The van der Waals surface area contributed by atoms with Gasteiger partial charge in [-0.3, -0.25) is 4.79 Å². The number of H-pyrrole nitrogens is 1. The molecule has 1 aromatic heterocycles. The molecule has 1 N–H and O–H groups in total. The first-order valence-corrected chi connectivity index (χ1v) is 9.00. The SMILES string of the molecule is COCCOC(=O)c1c(C)[nH]c(C(=O)N(c2cccc(C#N)c2)C(C)C)c1C. The second-order valence-electron chi connectivity index (χ2n) is 6.68. The molecule has 0 unspecified atom stereocenters. The maximum Gasteiger partial charge on any atom is 0.340 e. The number of aromatic nitrogens is 1. The van der Waals surface area contributed by atoms with Gasteiger partial charge in [-0.2, -0.15) is 5.26 Å². The number of carbonyl (C=O) groups is 2. The first-order valence-electron chi connectivity index (χ1n) is 9.00. The number of methoxy groups -OCH3 is 1. The van der Waals surface area contributed by atoms with Gasteiger partial charge in [0.15, 0.2) is 0 Å². The molecule has 28 heavy (non-hydrogen) atoms. The highest BCUT2D eigenvalue weighted by molar-refractivity contribution is 6.08. The van der Waals surface area contributed by atoms with Crippen LogP contribution in [0.1, 0.15) is 51.5 Å². The van der Waals surface area contributed by atoms with Crippen molar-refractivity contribution >= 4 is 17.6 Å².